The third kappa shape index (κ3) is 15.1. The van der Waals surface area contributed by atoms with Crippen LogP contribution in [0.1, 0.15) is 91.7 Å². The lowest BCUT2D eigenvalue weighted by Crippen LogP contribution is -2.05. The zero-order chi connectivity index (χ0) is 22.7. The molecule has 164 valence electrons. The minimum atomic E-state index is 0.468. The molecule has 1 heteroatoms. The Morgan fingerprint density at radius 2 is 1.55 bits per heavy atom. The lowest BCUT2D eigenvalue weighted by molar-refractivity contribution is 0.702. The van der Waals surface area contributed by atoms with Gasteiger partial charge in [0.25, 0.3) is 0 Å². The smallest absolute Gasteiger partial charge is 0.00486 e. The molecule has 0 nitrogen and oxygen atoms in total. The van der Waals surface area contributed by atoms with Crippen LogP contribution in [-0.2, 0) is 0 Å². The van der Waals surface area contributed by atoms with Crippen molar-refractivity contribution in [3.8, 4) is 0 Å². The van der Waals surface area contributed by atoms with Gasteiger partial charge in [-0.25, -0.2) is 0 Å². The van der Waals surface area contributed by atoms with E-state index in [1.165, 1.54) is 53.5 Å². The second kappa shape index (κ2) is 19.8. The molecule has 1 unspecified atom stereocenters. The molecule has 0 heterocycles. The van der Waals surface area contributed by atoms with E-state index in [-0.39, 0.29) is 0 Å². The van der Waals surface area contributed by atoms with E-state index >= 15 is 0 Å². The van der Waals surface area contributed by atoms with Gasteiger partial charge in [-0.15, -0.1) is 6.58 Å². The summed E-state index contributed by atoms with van der Waals surface area (Å²) in [6.07, 6.45) is 13.0. The van der Waals surface area contributed by atoms with E-state index < -0.39 is 0 Å². The molecule has 0 saturated heterocycles. The number of unbranched alkanes of at least 4 members (excludes halogenated alkanes) is 3. The van der Waals surface area contributed by atoms with Crippen molar-refractivity contribution in [2.45, 2.75) is 87.5 Å². The molecule has 0 aliphatic rings. The Labute approximate surface area is 188 Å². The van der Waals surface area contributed by atoms with Crippen molar-refractivity contribution in [3.05, 3.63) is 76.8 Å². The maximum atomic E-state index is 4.11. The zero-order valence-electron chi connectivity index (χ0n) is 20.4. The molecular weight excluding hydrogens is 368 g/mol. The highest BCUT2D eigenvalue weighted by molar-refractivity contribution is 7.83. The molecule has 0 bridgehead atoms. The minimum absolute atomic E-state index is 0.468. The van der Waals surface area contributed by atoms with Crippen LogP contribution in [0.4, 0.5) is 0 Å². The Morgan fingerprint density at radius 3 is 1.93 bits per heavy atom. The van der Waals surface area contributed by atoms with E-state index in [1.54, 1.807) is 5.41 Å². The quantitative estimate of drug-likeness (QED) is 0.186. The van der Waals surface area contributed by atoms with Crippen LogP contribution in [0.2, 0.25) is 0 Å². The molecule has 0 fully saturated rings. The van der Waals surface area contributed by atoms with Crippen LogP contribution in [0, 0.1) is 12.8 Å². The monoisotopic (exact) mass is 414 g/mol. The van der Waals surface area contributed by atoms with Gasteiger partial charge in [0.05, 0.1) is 0 Å². The third-order valence-electron chi connectivity index (χ3n) is 4.50. The number of hydrogen-bond acceptors (Lipinski definition) is 1. The van der Waals surface area contributed by atoms with Crippen molar-refractivity contribution in [3.63, 3.8) is 0 Å². The zero-order valence-corrected chi connectivity index (χ0v) is 21.3. The topological polar surface area (TPSA) is 0 Å². The second-order valence-electron chi connectivity index (χ2n) is 7.69. The van der Waals surface area contributed by atoms with Gasteiger partial charge in [0.15, 0.2) is 0 Å². The van der Waals surface area contributed by atoms with Gasteiger partial charge >= 0.3 is 0 Å². The lowest BCUT2D eigenvalue weighted by atomic mass is 9.83. The van der Waals surface area contributed by atoms with Gasteiger partial charge in [-0.3, -0.25) is 0 Å². The average molecular weight is 415 g/mol. The molecular formula is C28H46S. The van der Waals surface area contributed by atoms with Crippen LogP contribution in [0.5, 0.6) is 0 Å². The van der Waals surface area contributed by atoms with E-state index in [0.717, 1.165) is 6.42 Å². The highest BCUT2D eigenvalue weighted by atomic mass is 32.1. The maximum Gasteiger partial charge on any atom is 0.00486 e. The molecule has 0 spiro atoms. The van der Waals surface area contributed by atoms with Crippen LogP contribution >= 0.6 is 12.6 Å². The van der Waals surface area contributed by atoms with Crippen molar-refractivity contribution in [1.82, 2.24) is 0 Å². The van der Waals surface area contributed by atoms with Gasteiger partial charge in [0.1, 0.15) is 0 Å². The van der Waals surface area contributed by atoms with E-state index in [1.807, 2.05) is 19.9 Å². The number of thiol groups is 1. The van der Waals surface area contributed by atoms with Gasteiger partial charge < -0.3 is 0 Å². The van der Waals surface area contributed by atoms with Gasteiger partial charge in [-0.2, -0.15) is 12.6 Å². The summed E-state index contributed by atoms with van der Waals surface area (Å²) in [5, 5.41) is 1.78. The Morgan fingerprint density at radius 1 is 1.03 bits per heavy atom. The molecule has 0 aromatic heterocycles. The van der Waals surface area contributed by atoms with Gasteiger partial charge in [-0.05, 0) is 63.1 Å². The number of rotatable bonds is 8. The molecule has 0 radical (unpaired) electrons. The van der Waals surface area contributed by atoms with E-state index in [9.17, 15) is 0 Å². The molecule has 1 aromatic rings. The van der Waals surface area contributed by atoms with Crippen molar-refractivity contribution in [1.29, 1.82) is 0 Å². The summed E-state index contributed by atoms with van der Waals surface area (Å²) in [5.41, 5.74) is 6.66. The fraction of sp³-hybridized carbons (Fsp3) is 0.500. The predicted molar refractivity (Wildman–Crippen MR) is 141 cm³/mol. The van der Waals surface area contributed by atoms with Crippen molar-refractivity contribution in [2.75, 3.05) is 0 Å². The van der Waals surface area contributed by atoms with Crippen LogP contribution < -0.4 is 0 Å². The number of hydrogen-bond donors (Lipinski definition) is 1. The third-order valence-corrected chi connectivity index (χ3v) is 4.67. The summed E-state index contributed by atoms with van der Waals surface area (Å²) in [6.45, 7) is 20.7. The minimum Gasteiger partial charge on any atom is -0.151 e. The highest BCUT2D eigenvalue weighted by Crippen LogP contribution is 2.33. The summed E-state index contributed by atoms with van der Waals surface area (Å²) in [5.74, 6) is 0.468. The summed E-state index contributed by atoms with van der Waals surface area (Å²) < 4.78 is 0. The van der Waals surface area contributed by atoms with Crippen molar-refractivity contribution in [2.24, 2.45) is 5.92 Å². The van der Waals surface area contributed by atoms with E-state index in [0.29, 0.717) is 5.92 Å². The summed E-state index contributed by atoms with van der Waals surface area (Å²) in [7, 11) is 0. The Bertz CT molecular complexity index is 623. The molecule has 0 N–H and O–H groups in total. The van der Waals surface area contributed by atoms with E-state index in [4.69, 9.17) is 0 Å². The standard InChI is InChI=1S/C18H24S.C6H14.C4H8/c1-5-16(14(3)11-9-13-19)17(6-2)18-12-8-7-10-15(18)4;1-3-5-6-4-2;1-4(2)3/h6-13,16,19H,5H2,1-4H3;3-6H2,1-2H3;1H2,2-3H3/b13-9-,14-11+,17-6-;;. The normalized spacial score (nSPS) is 12.6. The van der Waals surface area contributed by atoms with Crippen LogP contribution in [0.25, 0.3) is 5.57 Å². The molecule has 1 rings (SSSR count). The first kappa shape index (κ1) is 29.7. The van der Waals surface area contributed by atoms with Gasteiger partial charge in [-0.1, -0.05) is 100 Å². The van der Waals surface area contributed by atoms with Crippen molar-refractivity contribution < 1.29 is 0 Å². The first-order valence-corrected chi connectivity index (χ1v) is 11.6. The molecule has 0 aliphatic carbocycles. The fourth-order valence-corrected chi connectivity index (χ4v) is 3.13. The molecule has 0 amide bonds. The lowest BCUT2D eigenvalue weighted by Gasteiger charge is -2.21. The van der Waals surface area contributed by atoms with Crippen molar-refractivity contribution >= 4 is 18.2 Å². The van der Waals surface area contributed by atoms with Crippen LogP contribution in [0.3, 0.4) is 0 Å². The first-order valence-electron chi connectivity index (χ1n) is 11.1. The summed E-state index contributed by atoms with van der Waals surface area (Å²) >= 11 is 4.11. The molecule has 29 heavy (non-hydrogen) atoms. The SMILES string of the molecule is C/C=C(\c1ccccc1C)C(CC)/C(C)=C/C=C\S.C=C(C)C.CCCCCC. The predicted octanol–water partition coefficient (Wildman–Crippen LogP) is 9.98. The number of benzene rings is 1. The molecule has 0 aliphatic heterocycles. The summed E-state index contributed by atoms with van der Waals surface area (Å²) in [4.78, 5) is 0. The first-order chi connectivity index (χ1) is 13.8. The average Bonchev–Trinajstić information content (AvgIpc) is 2.69. The Kier molecular flexibility index (Phi) is 20.3. The largest absolute Gasteiger partial charge is 0.151 e. The van der Waals surface area contributed by atoms with E-state index in [2.05, 4.69) is 97.2 Å². The molecule has 1 atom stereocenters. The maximum absolute atomic E-state index is 4.11. The van der Waals surface area contributed by atoms with Crippen LogP contribution in [-0.4, -0.2) is 0 Å². The van der Waals surface area contributed by atoms with Crippen LogP contribution in [0.15, 0.2) is 65.6 Å². The Hall–Kier alpha value is -1.47. The summed E-state index contributed by atoms with van der Waals surface area (Å²) in [6, 6.07) is 8.61. The van der Waals surface area contributed by atoms with Gasteiger partial charge in [0, 0.05) is 5.92 Å². The Balaban J connectivity index is 0. The van der Waals surface area contributed by atoms with Gasteiger partial charge in [0.2, 0.25) is 0 Å². The number of aryl methyl sites for hydroxylation is 1. The molecule has 0 saturated carbocycles. The second-order valence-corrected chi connectivity index (χ2v) is 7.98. The number of allylic oxidation sites excluding steroid dienone is 6. The highest BCUT2D eigenvalue weighted by Gasteiger charge is 2.16. The fourth-order valence-electron chi connectivity index (χ4n) is 3.04. The molecule has 1 aromatic carbocycles.